The quantitative estimate of drug-likeness (QED) is 0.430. The lowest BCUT2D eigenvalue weighted by molar-refractivity contribution is 0.404. The average molecular weight is 394 g/mol. The number of hydrogen-bond donors (Lipinski definition) is 1. The molecule has 29 heavy (non-hydrogen) atoms. The van der Waals surface area contributed by atoms with Crippen molar-refractivity contribution in [3.05, 3.63) is 58.3 Å². The minimum Gasteiger partial charge on any atom is -0.495 e. The zero-order valence-corrected chi connectivity index (χ0v) is 19.3. The minimum absolute atomic E-state index is 0.451. The lowest BCUT2D eigenvalue weighted by Crippen LogP contribution is -2.15. The molecule has 158 valence electrons. The highest BCUT2D eigenvalue weighted by molar-refractivity contribution is 5.69. The second kappa shape index (κ2) is 9.69. The molecule has 2 aliphatic carbocycles. The maximum Gasteiger partial charge on any atom is 0.142 e. The van der Waals surface area contributed by atoms with Gasteiger partial charge in [0.1, 0.15) is 5.75 Å². The molecule has 0 saturated heterocycles. The molecule has 0 spiro atoms. The van der Waals surface area contributed by atoms with Crippen molar-refractivity contribution in [3.63, 3.8) is 0 Å². The molecule has 0 aliphatic heterocycles. The van der Waals surface area contributed by atoms with Crippen molar-refractivity contribution in [1.29, 1.82) is 0 Å². The Bertz CT molecular complexity index is 804. The van der Waals surface area contributed by atoms with E-state index in [1.165, 1.54) is 60.1 Å². The van der Waals surface area contributed by atoms with Gasteiger partial charge in [-0.15, -0.1) is 0 Å². The summed E-state index contributed by atoms with van der Waals surface area (Å²) in [4.78, 5) is 0. The Hall–Kier alpha value is -1.96. The SMILES string of the molecule is CC\C=C(Nc1c(OC)cc(C)cc1C1CCC1)/C(=C/C=C(\C)C1CC1)C(C)C. The van der Waals surface area contributed by atoms with Crippen molar-refractivity contribution in [3.8, 4) is 5.75 Å². The number of hydrogen-bond acceptors (Lipinski definition) is 2. The van der Waals surface area contributed by atoms with Gasteiger partial charge in [-0.25, -0.2) is 0 Å². The van der Waals surface area contributed by atoms with Crippen LogP contribution < -0.4 is 10.1 Å². The van der Waals surface area contributed by atoms with E-state index in [2.05, 4.69) is 70.3 Å². The van der Waals surface area contributed by atoms with Gasteiger partial charge in [0, 0.05) is 5.70 Å². The molecule has 0 atom stereocenters. The summed E-state index contributed by atoms with van der Waals surface area (Å²) in [7, 11) is 1.79. The average Bonchev–Trinajstić information content (AvgIpc) is 3.46. The number of ether oxygens (including phenoxy) is 1. The van der Waals surface area contributed by atoms with E-state index in [4.69, 9.17) is 4.74 Å². The molecule has 0 aromatic heterocycles. The summed E-state index contributed by atoms with van der Waals surface area (Å²) in [6.45, 7) is 11.2. The summed E-state index contributed by atoms with van der Waals surface area (Å²) in [5, 5.41) is 3.83. The Morgan fingerprint density at radius 1 is 1.17 bits per heavy atom. The molecule has 1 aromatic carbocycles. The first-order valence-electron chi connectivity index (χ1n) is 11.5. The van der Waals surface area contributed by atoms with Crippen LogP contribution in [0.3, 0.4) is 0 Å². The molecular formula is C27H39NO. The third-order valence-corrected chi connectivity index (χ3v) is 6.39. The standard InChI is InChI=1S/C27H39NO/c1-7-9-25(23(18(2)3)15-12-20(5)21-13-14-21)28-27-24(22-10-8-11-22)16-19(4)17-26(27)29-6/h9,12,15-18,21-22,28H,7-8,10-11,13-14H2,1-6H3/b20-12+,23-15+,25-9+. The van der Waals surface area contributed by atoms with E-state index in [0.717, 1.165) is 23.8 Å². The molecule has 3 rings (SSSR count). The highest BCUT2D eigenvalue weighted by Gasteiger charge is 2.26. The molecule has 1 N–H and O–H groups in total. The summed E-state index contributed by atoms with van der Waals surface area (Å²) in [5.74, 6) is 2.88. The van der Waals surface area contributed by atoms with Crippen LogP contribution in [0, 0.1) is 18.8 Å². The number of aryl methyl sites for hydroxylation is 1. The number of methoxy groups -OCH3 is 1. The molecule has 2 fully saturated rings. The zero-order valence-electron chi connectivity index (χ0n) is 19.3. The van der Waals surface area contributed by atoms with E-state index in [1.807, 2.05) is 0 Å². The molecule has 2 saturated carbocycles. The summed E-state index contributed by atoms with van der Waals surface area (Å²) < 4.78 is 5.82. The molecule has 1 aromatic rings. The summed E-state index contributed by atoms with van der Waals surface area (Å²) in [5.41, 5.74) is 7.97. The number of nitrogens with one attached hydrogen (secondary N) is 1. The van der Waals surface area contributed by atoms with E-state index in [9.17, 15) is 0 Å². The van der Waals surface area contributed by atoms with Crippen molar-refractivity contribution >= 4 is 5.69 Å². The van der Waals surface area contributed by atoms with E-state index >= 15 is 0 Å². The maximum absolute atomic E-state index is 5.82. The van der Waals surface area contributed by atoms with Crippen LogP contribution in [0.25, 0.3) is 0 Å². The van der Waals surface area contributed by atoms with Crippen molar-refractivity contribution in [1.82, 2.24) is 0 Å². The highest BCUT2D eigenvalue weighted by atomic mass is 16.5. The molecule has 0 radical (unpaired) electrons. The Kier molecular flexibility index (Phi) is 7.27. The van der Waals surface area contributed by atoms with Crippen LogP contribution in [0.15, 0.2) is 47.2 Å². The van der Waals surface area contributed by atoms with Gasteiger partial charge in [-0.1, -0.05) is 57.1 Å². The molecule has 2 heteroatoms. The van der Waals surface area contributed by atoms with Crippen LogP contribution in [-0.2, 0) is 0 Å². The van der Waals surface area contributed by atoms with Crippen LogP contribution in [0.5, 0.6) is 5.75 Å². The van der Waals surface area contributed by atoms with Gasteiger partial charge < -0.3 is 10.1 Å². The van der Waals surface area contributed by atoms with E-state index in [-0.39, 0.29) is 0 Å². The Labute approximate surface area is 178 Å². The van der Waals surface area contributed by atoms with Gasteiger partial charge in [0.25, 0.3) is 0 Å². The smallest absolute Gasteiger partial charge is 0.142 e. The molecule has 0 heterocycles. The summed E-state index contributed by atoms with van der Waals surface area (Å²) in [6, 6.07) is 4.51. The van der Waals surface area contributed by atoms with E-state index in [1.54, 1.807) is 7.11 Å². The maximum atomic E-state index is 5.82. The van der Waals surface area contributed by atoms with Gasteiger partial charge in [0.2, 0.25) is 0 Å². The normalized spacial score (nSPS) is 18.8. The fourth-order valence-corrected chi connectivity index (χ4v) is 4.19. The van der Waals surface area contributed by atoms with E-state index in [0.29, 0.717) is 11.8 Å². The summed E-state index contributed by atoms with van der Waals surface area (Å²) >= 11 is 0. The molecule has 2 nitrogen and oxygen atoms in total. The van der Waals surface area contributed by atoms with Crippen molar-refractivity contribution in [2.45, 2.75) is 79.1 Å². The first-order valence-corrected chi connectivity index (χ1v) is 11.5. The zero-order chi connectivity index (χ0) is 21.0. The number of benzene rings is 1. The monoisotopic (exact) mass is 393 g/mol. The summed E-state index contributed by atoms with van der Waals surface area (Å²) in [6.07, 6.45) is 14.6. The fourth-order valence-electron chi connectivity index (χ4n) is 4.19. The van der Waals surface area contributed by atoms with Crippen molar-refractivity contribution < 1.29 is 4.74 Å². The van der Waals surface area contributed by atoms with Crippen LogP contribution in [0.1, 0.15) is 83.3 Å². The molecule has 0 unspecified atom stereocenters. The van der Waals surface area contributed by atoms with Gasteiger partial charge >= 0.3 is 0 Å². The topological polar surface area (TPSA) is 21.3 Å². The Morgan fingerprint density at radius 2 is 1.90 bits per heavy atom. The first-order chi connectivity index (χ1) is 13.9. The lowest BCUT2D eigenvalue weighted by Gasteiger charge is -2.30. The van der Waals surface area contributed by atoms with Crippen LogP contribution in [0.2, 0.25) is 0 Å². The van der Waals surface area contributed by atoms with Crippen molar-refractivity contribution in [2.75, 3.05) is 12.4 Å². The third-order valence-electron chi connectivity index (χ3n) is 6.39. The predicted octanol–water partition coefficient (Wildman–Crippen LogP) is 7.92. The Morgan fingerprint density at radius 3 is 2.41 bits per heavy atom. The minimum atomic E-state index is 0.451. The van der Waals surface area contributed by atoms with Crippen LogP contribution in [0.4, 0.5) is 5.69 Å². The van der Waals surface area contributed by atoms with E-state index < -0.39 is 0 Å². The van der Waals surface area contributed by atoms with Crippen molar-refractivity contribution in [2.24, 2.45) is 11.8 Å². The van der Waals surface area contributed by atoms with Gasteiger partial charge in [-0.2, -0.15) is 0 Å². The number of anilines is 1. The molecular weight excluding hydrogens is 354 g/mol. The molecule has 2 aliphatic rings. The van der Waals surface area contributed by atoms with Gasteiger partial charge in [0.15, 0.2) is 0 Å². The second-order valence-electron chi connectivity index (χ2n) is 9.17. The third kappa shape index (κ3) is 5.35. The molecule has 0 amide bonds. The fraction of sp³-hybridized carbons (Fsp3) is 0.556. The highest BCUT2D eigenvalue weighted by Crippen LogP contribution is 2.45. The predicted molar refractivity (Wildman–Crippen MR) is 126 cm³/mol. The number of allylic oxidation sites excluding steroid dienone is 5. The lowest BCUT2D eigenvalue weighted by atomic mass is 9.78. The first kappa shape index (κ1) is 21.7. The van der Waals surface area contributed by atoms with Gasteiger partial charge in [0.05, 0.1) is 12.8 Å². The largest absolute Gasteiger partial charge is 0.495 e. The van der Waals surface area contributed by atoms with Gasteiger partial charge in [-0.3, -0.25) is 0 Å². The molecule has 0 bridgehead atoms. The van der Waals surface area contributed by atoms with Gasteiger partial charge in [-0.05, 0) is 86.5 Å². The second-order valence-corrected chi connectivity index (χ2v) is 9.17. The van der Waals surface area contributed by atoms with Crippen LogP contribution >= 0.6 is 0 Å². The van der Waals surface area contributed by atoms with Crippen LogP contribution in [-0.4, -0.2) is 7.11 Å². The Balaban J connectivity index is 1.98. The number of rotatable bonds is 9.